The molecule has 0 radical (unpaired) electrons. The lowest BCUT2D eigenvalue weighted by Gasteiger charge is -2.32. The Morgan fingerprint density at radius 2 is 2.14 bits per heavy atom. The Morgan fingerprint density at radius 1 is 1.43 bits per heavy atom. The Morgan fingerprint density at radius 3 is 2.76 bits per heavy atom. The van der Waals surface area contributed by atoms with Gasteiger partial charge < -0.3 is 9.47 Å². The molecule has 0 spiro atoms. The van der Waals surface area contributed by atoms with Crippen LogP contribution in [0.15, 0.2) is 0 Å². The Kier molecular flexibility index (Phi) is 3.53. The Labute approximate surface area is 126 Å². The first-order valence-electron chi connectivity index (χ1n) is 8.27. The molecule has 2 aliphatic carbocycles. The van der Waals surface area contributed by atoms with Crippen LogP contribution in [-0.2, 0) is 19.1 Å². The highest BCUT2D eigenvalue weighted by Crippen LogP contribution is 2.55. The smallest absolute Gasteiger partial charge is 0.312 e. The summed E-state index contributed by atoms with van der Waals surface area (Å²) < 4.78 is 11.3. The SMILES string of the molecule is CCC(C)(CC(C)C)C(=O)OC1C2CC3C(=O)OC1C3C2. The van der Waals surface area contributed by atoms with E-state index in [4.69, 9.17) is 9.47 Å². The van der Waals surface area contributed by atoms with Crippen LogP contribution in [0.4, 0.5) is 0 Å². The summed E-state index contributed by atoms with van der Waals surface area (Å²) in [5.74, 6) is 0.945. The number of carbonyl (C=O) groups excluding carboxylic acids is 2. The van der Waals surface area contributed by atoms with Gasteiger partial charge in [0.05, 0.1) is 11.3 Å². The standard InChI is InChI=1S/C17H26O4/c1-5-17(4,8-9(2)3)16(19)21-13-10-6-11-12(7-10)15(18)20-14(11)13/h9-14H,5-8H2,1-4H3. The third kappa shape index (κ3) is 2.27. The summed E-state index contributed by atoms with van der Waals surface area (Å²) in [5, 5.41) is 0. The second-order valence-electron chi connectivity index (χ2n) is 7.79. The van der Waals surface area contributed by atoms with Gasteiger partial charge in [0.2, 0.25) is 0 Å². The normalized spacial score (nSPS) is 39.5. The van der Waals surface area contributed by atoms with E-state index >= 15 is 0 Å². The first kappa shape index (κ1) is 14.9. The monoisotopic (exact) mass is 294 g/mol. The second-order valence-corrected chi connectivity index (χ2v) is 7.79. The zero-order valence-corrected chi connectivity index (χ0v) is 13.4. The molecular formula is C17H26O4. The number of hydrogen-bond acceptors (Lipinski definition) is 4. The van der Waals surface area contributed by atoms with E-state index in [2.05, 4.69) is 13.8 Å². The molecule has 3 aliphatic rings. The molecule has 3 rings (SSSR count). The van der Waals surface area contributed by atoms with Gasteiger partial charge in [-0.15, -0.1) is 0 Å². The Hall–Kier alpha value is -1.06. The van der Waals surface area contributed by atoms with E-state index in [9.17, 15) is 9.59 Å². The largest absolute Gasteiger partial charge is 0.458 e. The van der Waals surface area contributed by atoms with Crippen molar-refractivity contribution in [2.75, 3.05) is 0 Å². The summed E-state index contributed by atoms with van der Waals surface area (Å²) >= 11 is 0. The lowest BCUT2D eigenvalue weighted by Crippen LogP contribution is -2.40. The first-order valence-corrected chi connectivity index (χ1v) is 8.27. The fourth-order valence-corrected chi connectivity index (χ4v) is 4.60. The summed E-state index contributed by atoms with van der Waals surface area (Å²) in [5.41, 5.74) is -0.433. The maximum Gasteiger partial charge on any atom is 0.312 e. The van der Waals surface area contributed by atoms with Gasteiger partial charge in [-0.3, -0.25) is 9.59 Å². The summed E-state index contributed by atoms with van der Waals surface area (Å²) in [6.07, 6.45) is 3.04. The number of rotatable bonds is 5. The van der Waals surface area contributed by atoms with Crippen molar-refractivity contribution in [3.8, 4) is 0 Å². The molecule has 0 aromatic rings. The van der Waals surface area contributed by atoms with Crippen molar-refractivity contribution in [1.82, 2.24) is 0 Å². The summed E-state index contributed by atoms with van der Waals surface area (Å²) in [6, 6.07) is 0. The van der Waals surface area contributed by atoms with Crippen LogP contribution in [0.25, 0.3) is 0 Å². The predicted octanol–water partition coefficient (Wildman–Crippen LogP) is 2.94. The minimum atomic E-state index is -0.433. The zero-order valence-electron chi connectivity index (χ0n) is 13.4. The van der Waals surface area contributed by atoms with E-state index in [-0.39, 0.29) is 30.1 Å². The van der Waals surface area contributed by atoms with Crippen LogP contribution in [0.1, 0.15) is 53.4 Å². The van der Waals surface area contributed by atoms with Crippen LogP contribution in [0.3, 0.4) is 0 Å². The zero-order chi connectivity index (χ0) is 15.4. The van der Waals surface area contributed by atoms with Crippen LogP contribution >= 0.6 is 0 Å². The molecule has 0 amide bonds. The number of esters is 2. The van der Waals surface area contributed by atoms with Gasteiger partial charge in [0.15, 0.2) is 0 Å². The minimum Gasteiger partial charge on any atom is -0.458 e. The molecule has 21 heavy (non-hydrogen) atoms. The maximum absolute atomic E-state index is 12.7. The number of fused-ring (bicyclic) bond motifs is 1. The number of ether oxygens (including phenoxy) is 2. The van der Waals surface area contributed by atoms with Crippen LogP contribution < -0.4 is 0 Å². The van der Waals surface area contributed by atoms with Gasteiger partial charge >= 0.3 is 11.9 Å². The molecule has 2 bridgehead atoms. The van der Waals surface area contributed by atoms with Gasteiger partial charge in [-0.05, 0) is 38.5 Å². The van der Waals surface area contributed by atoms with Gasteiger partial charge in [-0.25, -0.2) is 0 Å². The Bertz CT molecular complexity index is 458. The molecule has 6 unspecified atom stereocenters. The quantitative estimate of drug-likeness (QED) is 0.732. The van der Waals surface area contributed by atoms with Crippen molar-refractivity contribution in [2.24, 2.45) is 29.1 Å². The van der Waals surface area contributed by atoms with Crippen molar-refractivity contribution in [3.63, 3.8) is 0 Å². The average Bonchev–Trinajstić information content (AvgIpc) is 3.02. The van der Waals surface area contributed by atoms with Crippen LogP contribution in [0, 0.1) is 29.1 Å². The highest BCUT2D eigenvalue weighted by Gasteiger charge is 2.63. The van der Waals surface area contributed by atoms with E-state index in [0.717, 1.165) is 25.7 Å². The summed E-state index contributed by atoms with van der Waals surface area (Å²) in [7, 11) is 0. The molecule has 0 N–H and O–H groups in total. The molecule has 0 aromatic carbocycles. The summed E-state index contributed by atoms with van der Waals surface area (Å²) in [6.45, 7) is 8.28. The van der Waals surface area contributed by atoms with E-state index in [1.807, 2.05) is 13.8 Å². The average molecular weight is 294 g/mol. The Balaban J connectivity index is 1.70. The molecule has 6 atom stereocenters. The molecule has 1 saturated heterocycles. The molecule has 118 valence electrons. The van der Waals surface area contributed by atoms with Crippen molar-refractivity contribution in [3.05, 3.63) is 0 Å². The highest BCUT2D eigenvalue weighted by molar-refractivity contribution is 5.78. The van der Waals surface area contributed by atoms with Crippen molar-refractivity contribution < 1.29 is 19.1 Å². The third-order valence-corrected chi connectivity index (χ3v) is 5.79. The van der Waals surface area contributed by atoms with Gasteiger partial charge in [0.25, 0.3) is 0 Å². The lowest BCUT2D eigenvalue weighted by molar-refractivity contribution is -0.172. The van der Waals surface area contributed by atoms with Crippen LogP contribution in [-0.4, -0.2) is 24.1 Å². The number of hydrogen-bond donors (Lipinski definition) is 0. The van der Waals surface area contributed by atoms with Gasteiger partial charge in [-0.2, -0.15) is 0 Å². The van der Waals surface area contributed by atoms with Gasteiger partial charge in [0, 0.05) is 11.8 Å². The van der Waals surface area contributed by atoms with Crippen LogP contribution in [0.5, 0.6) is 0 Å². The fraction of sp³-hybridized carbons (Fsp3) is 0.882. The van der Waals surface area contributed by atoms with Crippen LogP contribution in [0.2, 0.25) is 0 Å². The molecule has 2 saturated carbocycles. The molecule has 1 heterocycles. The third-order valence-electron chi connectivity index (χ3n) is 5.79. The maximum atomic E-state index is 12.7. The predicted molar refractivity (Wildman–Crippen MR) is 77.3 cm³/mol. The van der Waals surface area contributed by atoms with E-state index in [1.54, 1.807) is 0 Å². The molecular weight excluding hydrogens is 268 g/mol. The van der Waals surface area contributed by atoms with E-state index in [1.165, 1.54) is 0 Å². The topological polar surface area (TPSA) is 52.6 Å². The summed E-state index contributed by atoms with van der Waals surface area (Å²) in [4.78, 5) is 24.4. The lowest BCUT2D eigenvalue weighted by atomic mass is 9.79. The molecule has 1 aliphatic heterocycles. The van der Waals surface area contributed by atoms with E-state index in [0.29, 0.717) is 17.8 Å². The molecule has 4 heteroatoms. The first-order chi connectivity index (χ1) is 9.85. The van der Waals surface area contributed by atoms with Crippen molar-refractivity contribution in [1.29, 1.82) is 0 Å². The highest BCUT2D eigenvalue weighted by atomic mass is 16.6. The second kappa shape index (κ2) is 4.99. The van der Waals surface area contributed by atoms with Crippen molar-refractivity contribution in [2.45, 2.75) is 65.6 Å². The molecule has 3 fully saturated rings. The minimum absolute atomic E-state index is 0.0724. The van der Waals surface area contributed by atoms with Crippen molar-refractivity contribution >= 4 is 11.9 Å². The molecule has 0 aromatic heterocycles. The van der Waals surface area contributed by atoms with Gasteiger partial charge in [0.1, 0.15) is 12.2 Å². The molecule has 4 nitrogen and oxygen atoms in total. The number of carbonyl (C=O) groups is 2. The fourth-order valence-electron chi connectivity index (χ4n) is 4.60. The van der Waals surface area contributed by atoms with Gasteiger partial charge in [-0.1, -0.05) is 20.8 Å². The van der Waals surface area contributed by atoms with E-state index < -0.39 is 5.41 Å².